The maximum atomic E-state index is 11.9. The number of hydrogen-bond acceptors (Lipinski definition) is 1. The van der Waals surface area contributed by atoms with E-state index in [1.54, 1.807) is 12.1 Å². The van der Waals surface area contributed by atoms with Crippen LogP contribution < -0.4 is 4.74 Å². The van der Waals surface area contributed by atoms with Gasteiger partial charge in [0.05, 0.1) is 0 Å². The minimum atomic E-state index is -4.62. The Kier molecular flexibility index (Phi) is 3.51. The number of halogens is 3. The van der Waals surface area contributed by atoms with E-state index in [2.05, 4.69) is 25.5 Å². The molecule has 1 rings (SSSR count). The minimum Gasteiger partial charge on any atom is -0.406 e. The Balaban J connectivity index is 2.69. The highest BCUT2D eigenvalue weighted by atomic mass is 19.4. The molecule has 1 aromatic carbocycles. The molecule has 0 fully saturated rings. The van der Waals surface area contributed by atoms with Gasteiger partial charge in [-0.3, -0.25) is 0 Å². The van der Waals surface area contributed by atoms with Crippen molar-refractivity contribution in [1.29, 1.82) is 0 Å². The van der Waals surface area contributed by atoms with Crippen molar-refractivity contribution in [2.24, 2.45) is 5.41 Å². The topological polar surface area (TPSA) is 9.23 Å². The Morgan fingerprint density at radius 3 is 1.88 bits per heavy atom. The van der Waals surface area contributed by atoms with E-state index >= 15 is 0 Å². The molecule has 90 valence electrons. The van der Waals surface area contributed by atoms with Crippen LogP contribution in [0.3, 0.4) is 0 Å². The summed E-state index contributed by atoms with van der Waals surface area (Å²) in [4.78, 5) is 0. The molecule has 0 amide bonds. The highest BCUT2D eigenvalue weighted by Gasteiger charge is 2.30. The van der Waals surface area contributed by atoms with Gasteiger partial charge >= 0.3 is 6.36 Å². The Morgan fingerprint density at radius 2 is 1.50 bits per heavy atom. The van der Waals surface area contributed by atoms with Gasteiger partial charge in [-0.25, -0.2) is 0 Å². The molecule has 0 aliphatic rings. The van der Waals surface area contributed by atoms with Crippen LogP contribution in [0.25, 0.3) is 0 Å². The van der Waals surface area contributed by atoms with Gasteiger partial charge in [0.1, 0.15) is 5.75 Å². The summed E-state index contributed by atoms with van der Waals surface area (Å²) in [6.07, 6.45) is -3.80. The molecular weight excluding hydrogens is 217 g/mol. The van der Waals surface area contributed by atoms with E-state index in [0.717, 1.165) is 12.0 Å². The third-order valence-corrected chi connectivity index (χ3v) is 1.89. The first-order chi connectivity index (χ1) is 7.16. The first-order valence-electron chi connectivity index (χ1n) is 5.00. The molecule has 0 N–H and O–H groups in total. The van der Waals surface area contributed by atoms with Crippen LogP contribution in [0.5, 0.6) is 5.75 Å². The van der Waals surface area contributed by atoms with E-state index in [0.29, 0.717) is 0 Å². The van der Waals surface area contributed by atoms with Gasteiger partial charge in [-0.05, 0) is 29.5 Å². The SMILES string of the molecule is CC(C)(C)Cc1ccc(OC(F)(F)F)cc1. The largest absolute Gasteiger partial charge is 0.573 e. The van der Waals surface area contributed by atoms with Crippen molar-refractivity contribution in [1.82, 2.24) is 0 Å². The fourth-order valence-electron chi connectivity index (χ4n) is 1.42. The molecule has 0 saturated heterocycles. The average molecular weight is 232 g/mol. The van der Waals surface area contributed by atoms with Gasteiger partial charge in [0.15, 0.2) is 0 Å². The fourth-order valence-corrected chi connectivity index (χ4v) is 1.42. The number of hydrogen-bond donors (Lipinski definition) is 0. The minimum absolute atomic E-state index is 0.117. The van der Waals surface area contributed by atoms with Crippen molar-refractivity contribution in [3.8, 4) is 5.75 Å². The van der Waals surface area contributed by atoms with Crippen LogP contribution in [0, 0.1) is 5.41 Å². The zero-order chi connectivity index (χ0) is 12.4. The lowest BCUT2D eigenvalue weighted by molar-refractivity contribution is -0.274. The lowest BCUT2D eigenvalue weighted by Crippen LogP contribution is -2.17. The van der Waals surface area contributed by atoms with Gasteiger partial charge in [-0.2, -0.15) is 0 Å². The van der Waals surface area contributed by atoms with Gasteiger partial charge in [0, 0.05) is 0 Å². The second kappa shape index (κ2) is 4.36. The van der Waals surface area contributed by atoms with Crippen LogP contribution in [0.2, 0.25) is 0 Å². The Morgan fingerprint density at radius 1 is 1.00 bits per heavy atom. The molecule has 0 bridgehead atoms. The second-order valence-electron chi connectivity index (χ2n) is 4.93. The monoisotopic (exact) mass is 232 g/mol. The van der Waals surface area contributed by atoms with Crippen LogP contribution in [-0.2, 0) is 6.42 Å². The summed E-state index contributed by atoms with van der Waals surface area (Å²) in [7, 11) is 0. The molecule has 0 radical (unpaired) electrons. The first-order valence-corrected chi connectivity index (χ1v) is 5.00. The molecule has 1 nitrogen and oxygen atoms in total. The fraction of sp³-hybridized carbons (Fsp3) is 0.500. The van der Waals surface area contributed by atoms with Crippen molar-refractivity contribution in [2.75, 3.05) is 0 Å². The predicted octanol–water partition coefficient (Wildman–Crippen LogP) is 4.17. The number of rotatable bonds is 2. The van der Waals surface area contributed by atoms with Crippen LogP contribution in [0.4, 0.5) is 13.2 Å². The van der Waals surface area contributed by atoms with E-state index in [1.165, 1.54) is 12.1 Å². The van der Waals surface area contributed by atoms with Crippen LogP contribution >= 0.6 is 0 Å². The maximum absolute atomic E-state index is 11.9. The Bertz CT molecular complexity index is 298. The van der Waals surface area contributed by atoms with E-state index in [9.17, 15) is 13.2 Å². The molecule has 0 saturated carbocycles. The third-order valence-electron chi connectivity index (χ3n) is 1.89. The lowest BCUT2D eigenvalue weighted by Gasteiger charge is -2.18. The molecule has 0 spiro atoms. The van der Waals surface area contributed by atoms with Gasteiger partial charge in [0.2, 0.25) is 0 Å². The predicted molar refractivity (Wildman–Crippen MR) is 56.3 cm³/mol. The highest BCUT2D eigenvalue weighted by molar-refractivity contribution is 5.27. The smallest absolute Gasteiger partial charge is 0.406 e. The normalized spacial score (nSPS) is 12.6. The molecule has 0 heterocycles. The summed E-state index contributed by atoms with van der Waals surface area (Å²) >= 11 is 0. The van der Waals surface area contributed by atoms with E-state index in [-0.39, 0.29) is 11.2 Å². The van der Waals surface area contributed by atoms with E-state index < -0.39 is 6.36 Å². The van der Waals surface area contributed by atoms with E-state index in [4.69, 9.17) is 0 Å². The van der Waals surface area contributed by atoms with Gasteiger partial charge < -0.3 is 4.74 Å². The zero-order valence-corrected chi connectivity index (χ0v) is 9.56. The van der Waals surface area contributed by atoms with Crippen LogP contribution in [-0.4, -0.2) is 6.36 Å². The number of alkyl halides is 3. The Labute approximate surface area is 93.2 Å². The van der Waals surface area contributed by atoms with Crippen LogP contribution in [0.15, 0.2) is 24.3 Å². The average Bonchev–Trinajstić information content (AvgIpc) is 2.03. The van der Waals surface area contributed by atoms with Gasteiger partial charge in [-0.15, -0.1) is 13.2 Å². The van der Waals surface area contributed by atoms with Crippen LogP contribution in [0.1, 0.15) is 26.3 Å². The molecule has 16 heavy (non-hydrogen) atoms. The van der Waals surface area contributed by atoms with Crippen molar-refractivity contribution < 1.29 is 17.9 Å². The molecule has 0 aliphatic heterocycles. The highest BCUT2D eigenvalue weighted by Crippen LogP contribution is 2.25. The quantitative estimate of drug-likeness (QED) is 0.743. The van der Waals surface area contributed by atoms with Crippen molar-refractivity contribution >= 4 is 0 Å². The molecule has 0 unspecified atom stereocenters. The molecular formula is C12H15F3O. The molecule has 0 aliphatic carbocycles. The summed E-state index contributed by atoms with van der Waals surface area (Å²) in [6.45, 7) is 6.23. The van der Waals surface area contributed by atoms with Crippen molar-refractivity contribution in [3.05, 3.63) is 29.8 Å². The maximum Gasteiger partial charge on any atom is 0.573 e. The third kappa shape index (κ3) is 5.05. The summed E-state index contributed by atoms with van der Waals surface area (Å²) in [6, 6.07) is 6.00. The number of ether oxygens (including phenoxy) is 1. The molecule has 0 atom stereocenters. The van der Waals surface area contributed by atoms with E-state index in [1.807, 2.05) is 0 Å². The number of benzene rings is 1. The molecule has 0 aromatic heterocycles. The summed E-state index contributed by atoms with van der Waals surface area (Å²) in [5.74, 6) is -0.176. The van der Waals surface area contributed by atoms with Gasteiger partial charge in [0.25, 0.3) is 0 Å². The molecule has 1 aromatic rings. The summed E-state index contributed by atoms with van der Waals surface area (Å²) in [5.41, 5.74) is 1.12. The zero-order valence-electron chi connectivity index (χ0n) is 9.56. The van der Waals surface area contributed by atoms with Crippen molar-refractivity contribution in [3.63, 3.8) is 0 Å². The molecule has 4 heteroatoms. The van der Waals surface area contributed by atoms with Crippen molar-refractivity contribution in [2.45, 2.75) is 33.6 Å². The summed E-state index contributed by atoms with van der Waals surface area (Å²) in [5, 5.41) is 0. The lowest BCUT2D eigenvalue weighted by atomic mass is 9.88. The first kappa shape index (κ1) is 12.9. The Hall–Kier alpha value is -1.19. The standard InChI is InChI=1S/C12H15F3O/c1-11(2,3)8-9-4-6-10(7-5-9)16-12(13,14)15/h4-7H,8H2,1-3H3. The summed E-state index contributed by atoms with van der Waals surface area (Å²) < 4.78 is 39.5. The van der Waals surface area contributed by atoms with Gasteiger partial charge in [-0.1, -0.05) is 32.9 Å². The second-order valence-corrected chi connectivity index (χ2v) is 4.93.